The molecule has 4 nitrogen and oxygen atoms in total. The molecule has 4 rings (SSSR count). The van der Waals surface area contributed by atoms with Gasteiger partial charge in [-0.15, -0.1) is 11.3 Å². The van der Waals surface area contributed by atoms with Gasteiger partial charge in [-0.3, -0.25) is 9.59 Å². The van der Waals surface area contributed by atoms with Crippen molar-refractivity contribution in [2.24, 2.45) is 0 Å². The van der Waals surface area contributed by atoms with Gasteiger partial charge in [0.2, 0.25) is 0 Å². The third-order valence-electron chi connectivity index (χ3n) is 4.14. The lowest BCUT2D eigenvalue weighted by molar-refractivity contribution is 0.101. The van der Waals surface area contributed by atoms with E-state index in [0.29, 0.717) is 27.2 Å². The first kappa shape index (κ1) is 16.4. The Kier molecular flexibility index (Phi) is 3.97. The molecule has 0 unspecified atom stereocenters. The molecule has 0 aliphatic rings. The Hall–Kier alpha value is -3.12. The maximum Gasteiger partial charge on any atom is 0.260 e. The van der Waals surface area contributed by atoms with Gasteiger partial charge >= 0.3 is 0 Å². The number of benzene rings is 2. The van der Waals surface area contributed by atoms with E-state index in [1.165, 1.54) is 30.4 Å². The third kappa shape index (κ3) is 2.84. The summed E-state index contributed by atoms with van der Waals surface area (Å²) in [6.45, 7) is 1.49. The summed E-state index contributed by atoms with van der Waals surface area (Å²) in [5, 5.41) is 2.32. The largest absolute Gasteiger partial charge is 0.306 e. The fourth-order valence-corrected chi connectivity index (χ4v) is 3.76. The molecule has 26 heavy (non-hydrogen) atoms. The number of thiophene rings is 1. The number of aromatic amines is 1. The molecule has 128 valence electrons. The van der Waals surface area contributed by atoms with Crippen molar-refractivity contribution in [2.75, 3.05) is 0 Å². The standard InChI is InChI=1S/C20H13FN2O2S/c1-11(24)13-3-2-4-14(9-13)18-22-19(25)17-16(10-26-20(17)23-18)12-5-7-15(21)8-6-12/h2-10H,1H3,(H,22,23,25). The van der Waals surface area contributed by atoms with E-state index in [0.717, 1.165) is 11.1 Å². The lowest BCUT2D eigenvalue weighted by atomic mass is 10.1. The molecule has 0 aliphatic carbocycles. The summed E-state index contributed by atoms with van der Waals surface area (Å²) >= 11 is 1.35. The molecule has 0 aliphatic heterocycles. The van der Waals surface area contributed by atoms with Gasteiger partial charge in [0.1, 0.15) is 16.5 Å². The highest BCUT2D eigenvalue weighted by Crippen LogP contribution is 2.31. The zero-order chi connectivity index (χ0) is 18.3. The van der Waals surface area contributed by atoms with Gasteiger partial charge in [-0.25, -0.2) is 9.37 Å². The van der Waals surface area contributed by atoms with Crippen molar-refractivity contribution in [3.8, 4) is 22.5 Å². The van der Waals surface area contributed by atoms with Crippen LogP contribution in [0.1, 0.15) is 17.3 Å². The van der Waals surface area contributed by atoms with E-state index in [1.807, 2.05) is 5.38 Å². The Labute approximate surface area is 152 Å². The molecule has 0 saturated carbocycles. The Morgan fingerprint density at radius 1 is 1.12 bits per heavy atom. The number of H-pyrrole nitrogens is 1. The number of carbonyl (C=O) groups is 1. The lowest BCUT2D eigenvalue weighted by Gasteiger charge is -2.04. The van der Waals surface area contributed by atoms with E-state index in [4.69, 9.17) is 0 Å². The summed E-state index contributed by atoms with van der Waals surface area (Å²) in [5.74, 6) is 0.0380. The smallest absolute Gasteiger partial charge is 0.260 e. The molecular formula is C20H13FN2O2S. The lowest BCUT2D eigenvalue weighted by Crippen LogP contribution is -2.09. The number of ketones is 1. The van der Waals surface area contributed by atoms with E-state index >= 15 is 0 Å². The predicted molar refractivity (Wildman–Crippen MR) is 101 cm³/mol. The Bertz CT molecular complexity index is 1190. The number of carbonyl (C=O) groups excluding carboxylic acids is 1. The van der Waals surface area contributed by atoms with Gasteiger partial charge in [0.05, 0.1) is 5.39 Å². The van der Waals surface area contributed by atoms with Crippen LogP contribution in [-0.2, 0) is 0 Å². The van der Waals surface area contributed by atoms with E-state index < -0.39 is 0 Å². The fourth-order valence-electron chi connectivity index (χ4n) is 2.81. The summed E-state index contributed by atoms with van der Waals surface area (Å²) in [6.07, 6.45) is 0. The highest BCUT2D eigenvalue weighted by molar-refractivity contribution is 7.17. The van der Waals surface area contributed by atoms with Gasteiger partial charge in [-0.1, -0.05) is 30.3 Å². The zero-order valence-electron chi connectivity index (χ0n) is 13.7. The maximum absolute atomic E-state index is 13.1. The molecule has 0 spiro atoms. The van der Waals surface area contributed by atoms with Crippen LogP contribution in [0.3, 0.4) is 0 Å². The van der Waals surface area contributed by atoms with Crippen LogP contribution in [-0.4, -0.2) is 15.8 Å². The number of fused-ring (bicyclic) bond motifs is 1. The molecule has 2 aromatic heterocycles. The molecule has 0 radical (unpaired) electrons. The van der Waals surface area contributed by atoms with Gasteiger partial charge in [0.15, 0.2) is 5.78 Å². The first-order valence-corrected chi connectivity index (χ1v) is 8.80. The average molecular weight is 364 g/mol. The van der Waals surface area contributed by atoms with Gasteiger partial charge in [-0.2, -0.15) is 0 Å². The van der Waals surface area contributed by atoms with E-state index in [1.54, 1.807) is 36.4 Å². The minimum absolute atomic E-state index is 0.0509. The van der Waals surface area contributed by atoms with Crippen molar-refractivity contribution in [3.63, 3.8) is 0 Å². The first-order valence-electron chi connectivity index (χ1n) is 7.92. The molecule has 4 aromatic rings. The zero-order valence-corrected chi connectivity index (χ0v) is 14.6. The highest BCUT2D eigenvalue weighted by Gasteiger charge is 2.14. The summed E-state index contributed by atoms with van der Waals surface area (Å²) in [6, 6.07) is 13.0. The second-order valence-corrected chi connectivity index (χ2v) is 6.75. The van der Waals surface area contributed by atoms with Crippen molar-refractivity contribution >= 4 is 27.3 Å². The van der Waals surface area contributed by atoms with E-state index in [2.05, 4.69) is 9.97 Å². The van der Waals surface area contributed by atoms with Crippen LogP contribution in [0.5, 0.6) is 0 Å². The number of hydrogen-bond acceptors (Lipinski definition) is 4. The van der Waals surface area contributed by atoms with Crippen LogP contribution < -0.4 is 5.56 Å². The Balaban J connectivity index is 1.86. The van der Waals surface area contributed by atoms with E-state index in [9.17, 15) is 14.0 Å². The second-order valence-electron chi connectivity index (χ2n) is 5.89. The molecular weight excluding hydrogens is 351 g/mol. The number of Topliss-reactive ketones (excluding diaryl/α,β-unsaturated/α-hetero) is 1. The minimum Gasteiger partial charge on any atom is -0.306 e. The number of aromatic nitrogens is 2. The summed E-state index contributed by atoms with van der Waals surface area (Å²) in [4.78, 5) is 32.2. The maximum atomic E-state index is 13.1. The molecule has 0 bridgehead atoms. The summed E-state index contributed by atoms with van der Waals surface area (Å²) in [7, 11) is 0. The van der Waals surface area contributed by atoms with Crippen LogP contribution in [0, 0.1) is 5.82 Å². The normalized spacial score (nSPS) is 11.0. The fraction of sp³-hybridized carbons (Fsp3) is 0.0500. The van der Waals surface area contributed by atoms with Crippen molar-refractivity contribution < 1.29 is 9.18 Å². The number of halogens is 1. The number of rotatable bonds is 3. The summed E-state index contributed by atoms with van der Waals surface area (Å²) < 4.78 is 13.1. The van der Waals surface area contributed by atoms with Crippen LogP contribution >= 0.6 is 11.3 Å². The van der Waals surface area contributed by atoms with Crippen molar-refractivity contribution in [2.45, 2.75) is 6.92 Å². The van der Waals surface area contributed by atoms with Gasteiger partial charge < -0.3 is 4.98 Å². The van der Waals surface area contributed by atoms with Crippen molar-refractivity contribution in [1.29, 1.82) is 0 Å². The molecule has 0 saturated heterocycles. The highest BCUT2D eigenvalue weighted by atomic mass is 32.1. The predicted octanol–water partition coefficient (Wildman–Crippen LogP) is 4.66. The monoisotopic (exact) mass is 364 g/mol. The molecule has 1 N–H and O–H groups in total. The molecule has 0 atom stereocenters. The van der Waals surface area contributed by atoms with Crippen LogP contribution in [0.2, 0.25) is 0 Å². The summed E-state index contributed by atoms with van der Waals surface area (Å²) in [5.41, 5.74) is 2.45. The number of hydrogen-bond donors (Lipinski definition) is 1. The SMILES string of the molecule is CC(=O)c1cccc(-c2nc3scc(-c4ccc(F)cc4)c3c(=O)[nH]2)c1. The van der Waals surface area contributed by atoms with Crippen molar-refractivity contribution in [3.05, 3.63) is 75.6 Å². The number of nitrogens with zero attached hydrogens (tertiary/aromatic N) is 1. The van der Waals surface area contributed by atoms with Gasteiger partial charge in [0.25, 0.3) is 5.56 Å². The molecule has 0 fully saturated rings. The number of nitrogens with one attached hydrogen (secondary N) is 1. The Morgan fingerprint density at radius 3 is 2.62 bits per heavy atom. The van der Waals surface area contributed by atoms with Crippen molar-refractivity contribution in [1.82, 2.24) is 9.97 Å². The molecule has 2 aromatic carbocycles. The molecule has 0 amide bonds. The first-order chi connectivity index (χ1) is 12.5. The van der Waals surface area contributed by atoms with E-state index in [-0.39, 0.29) is 17.2 Å². The van der Waals surface area contributed by atoms with Crippen LogP contribution in [0.15, 0.2) is 58.7 Å². The van der Waals surface area contributed by atoms with Crippen LogP contribution in [0.25, 0.3) is 32.7 Å². The third-order valence-corrected chi connectivity index (χ3v) is 5.01. The quantitative estimate of drug-likeness (QED) is 0.538. The molecule has 2 heterocycles. The van der Waals surface area contributed by atoms with Crippen LogP contribution in [0.4, 0.5) is 4.39 Å². The molecule has 6 heteroatoms. The van der Waals surface area contributed by atoms with Gasteiger partial charge in [-0.05, 0) is 30.7 Å². The second kappa shape index (κ2) is 6.31. The topological polar surface area (TPSA) is 62.8 Å². The minimum atomic E-state index is -0.326. The Morgan fingerprint density at radius 2 is 1.88 bits per heavy atom. The van der Waals surface area contributed by atoms with Gasteiger partial charge in [0, 0.05) is 22.1 Å². The average Bonchev–Trinajstić information content (AvgIpc) is 3.07.